The maximum atomic E-state index is 12.8. The lowest BCUT2D eigenvalue weighted by atomic mass is 10.1. The molecule has 0 bridgehead atoms. The Kier molecular flexibility index (Phi) is 5.21. The second kappa shape index (κ2) is 7.93. The number of carbonyl (C=O) groups is 1. The molecule has 0 aliphatic heterocycles. The SMILES string of the molecule is O=C(/C=C\c1ccccc1)N(Cc1ccccc1)c1ccccc1. The predicted octanol–water partition coefficient (Wildman–Crippen LogP) is 4.93. The van der Waals surface area contributed by atoms with Crippen LogP contribution in [0.4, 0.5) is 5.69 Å². The number of anilines is 1. The van der Waals surface area contributed by atoms with Gasteiger partial charge in [-0.1, -0.05) is 78.9 Å². The van der Waals surface area contributed by atoms with E-state index in [1.165, 1.54) is 0 Å². The summed E-state index contributed by atoms with van der Waals surface area (Å²) < 4.78 is 0. The van der Waals surface area contributed by atoms with Crippen molar-refractivity contribution in [3.63, 3.8) is 0 Å². The van der Waals surface area contributed by atoms with Gasteiger partial charge in [0.15, 0.2) is 0 Å². The van der Waals surface area contributed by atoms with Crippen LogP contribution in [-0.4, -0.2) is 5.91 Å². The molecule has 0 atom stereocenters. The van der Waals surface area contributed by atoms with Gasteiger partial charge in [-0.25, -0.2) is 0 Å². The minimum absolute atomic E-state index is 0.0334. The first-order valence-electron chi connectivity index (χ1n) is 7.96. The smallest absolute Gasteiger partial charge is 0.251 e. The van der Waals surface area contributed by atoms with E-state index in [4.69, 9.17) is 0 Å². The summed E-state index contributed by atoms with van der Waals surface area (Å²) in [5, 5.41) is 0. The molecule has 24 heavy (non-hydrogen) atoms. The Bertz CT molecular complexity index is 795. The van der Waals surface area contributed by atoms with Crippen LogP contribution in [0.2, 0.25) is 0 Å². The van der Waals surface area contributed by atoms with Crippen molar-refractivity contribution in [2.75, 3.05) is 4.90 Å². The van der Waals surface area contributed by atoms with Crippen LogP contribution in [0.1, 0.15) is 11.1 Å². The van der Waals surface area contributed by atoms with Gasteiger partial charge in [-0.2, -0.15) is 0 Å². The summed E-state index contributed by atoms with van der Waals surface area (Å²) in [6.45, 7) is 0.544. The fraction of sp³-hybridized carbons (Fsp3) is 0.0455. The Morgan fingerprint density at radius 2 is 1.29 bits per heavy atom. The number of rotatable bonds is 5. The van der Waals surface area contributed by atoms with Gasteiger partial charge in [-0.3, -0.25) is 4.79 Å². The molecular weight excluding hydrogens is 294 g/mol. The second-order valence-electron chi connectivity index (χ2n) is 5.49. The number of hydrogen-bond acceptors (Lipinski definition) is 1. The summed E-state index contributed by atoms with van der Waals surface area (Å²) >= 11 is 0. The molecule has 0 radical (unpaired) electrons. The van der Waals surface area contributed by atoms with E-state index >= 15 is 0 Å². The molecule has 0 saturated heterocycles. The van der Waals surface area contributed by atoms with Gasteiger partial charge in [0, 0.05) is 11.8 Å². The average molecular weight is 313 g/mol. The summed E-state index contributed by atoms with van der Waals surface area (Å²) in [6, 6.07) is 29.6. The molecule has 3 rings (SSSR count). The van der Waals surface area contributed by atoms with Crippen LogP contribution in [0.3, 0.4) is 0 Å². The highest BCUT2D eigenvalue weighted by atomic mass is 16.2. The van der Waals surface area contributed by atoms with Gasteiger partial charge in [0.25, 0.3) is 5.91 Å². The van der Waals surface area contributed by atoms with Crippen LogP contribution in [0.5, 0.6) is 0 Å². The average Bonchev–Trinajstić information content (AvgIpc) is 2.66. The van der Waals surface area contributed by atoms with Crippen LogP contribution in [0.25, 0.3) is 6.08 Å². The van der Waals surface area contributed by atoms with Crippen molar-refractivity contribution >= 4 is 17.7 Å². The van der Waals surface area contributed by atoms with Gasteiger partial charge >= 0.3 is 0 Å². The Hall–Kier alpha value is -3.13. The first-order chi connectivity index (χ1) is 11.8. The molecule has 0 aliphatic rings. The fourth-order valence-electron chi connectivity index (χ4n) is 2.49. The third-order valence-corrected chi connectivity index (χ3v) is 3.74. The van der Waals surface area contributed by atoms with Crippen molar-refractivity contribution in [2.24, 2.45) is 0 Å². The lowest BCUT2D eigenvalue weighted by Crippen LogP contribution is -2.28. The van der Waals surface area contributed by atoms with Crippen molar-refractivity contribution in [1.29, 1.82) is 0 Å². The quantitative estimate of drug-likeness (QED) is 0.611. The van der Waals surface area contributed by atoms with Crippen molar-refractivity contribution in [2.45, 2.75) is 6.54 Å². The Morgan fingerprint density at radius 1 is 0.750 bits per heavy atom. The van der Waals surface area contributed by atoms with Crippen molar-refractivity contribution in [3.05, 3.63) is 108 Å². The Labute approximate surface area is 142 Å². The molecule has 0 aliphatic carbocycles. The van der Waals surface area contributed by atoms with Crippen molar-refractivity contribution < 1.29 is 4.79 Å². The molecular formula is C22H19NO. The van der Waals surface area contributed by atoms with E-state index in [0.29, 0.717) is 6.54 Å². The maximum absolute atomic E-state index is 12.8. The topological polar surface area (TPSA) is 20.3 Å². The number of benzene rings is 3. The predicted molar refractivity (Wildman–Crippen MR) is 99.6 cm³/mol. The highest BCUT2D eigenvalue weighted by Crippen LogP contribution is 2.18. The van der Waals surface area contributed by atoms with E-state index in [-0.39, 0.29) is 5.91 Å². The molecule has 0 saturated carbocycles. The number of carbonyl (C=O) groups excluding carboxylic acids is 1. The van der Waals surface area contributed by atoms with Gasteiger partial charge < -0.3 is 4.90 Å². The molecule has 0 spiro atoms. The molecule has 2 heteroatoms. The van der Waals surface area contributed by atoms with Crippen LogP contribution in [-0.2, 0) is 11.3 Å². The van der Waals surface area contributed by atoms with E-state index in [2.05, 4.69) is 0 Å². The summed E-state index contributed by atoms with van der Waals surface area (Å²) in [6.07, 6.45) is 3.48. The molecule has 0 fully saturated rings. The largest absolute Gasteiger partial charge is 0.304 e. The summed E-state index contributed by atoms with van der Waals surface area (Å²) in [5.41, 5.74) is 3.01. The summed E-state index contributed by atoms with van der Waals surface area (Å²) in [4.78, 5) is 14.5. The Balaban J connectivity index is 1.84. The molecule has 3 aromatic carbocycles. The third kappa shape index (κ3) is 4.20. The lowest BCUT2D eigenvalue weighted by molar-refractivity contribution is -0.114. The van der Waals surface area contributed by atoms with Gasteiger partial charge in [-0.15, -0.1) is 0 Å². The minimum atomic E-state index is -0.0334. The fourth-order valence-corrected chi connectivity index (χ4v) is 2.49. The minimum Gasteiger partial charge on any atom is -0.304 e. The first kappa shape index (κ1) is 15.8. The number of hydrogen-bond donors (Lipinski definition) is 0. The standard InChI is InChI=1S/C22H19NO/c24-22(17-16-19-10-4-1-5-11-19)23(21-14-8-3-9-15-21)18-20-12-6-2-7-13-20/h1-17H,18H2/b17-16-. The van der Waals surface area contributed by atoms with E-state index < -0.39 is 0 Å². The molecule has 2 nitrogen and oxygen atoms in total. The van der Waals surface area contributed by atoms with E-state index in [1.807, 2.05) is 97.1 Å². The first-order valence-corrected chi connectivity index (χ1v) is 7.96. The molecule has 118 valence electrons. The van der Waals surface area contributed by atoms with Gasteiger partial charge in [0.2, 0.25) is 0 Å². The van der Waals surface area contributed by atoms with Crippen LogP contribution < -0.4 is 4.90 Å². The second-order valence-corrected chi connectivity index (χ2v) is 5.49. The molecule has 0 heterocycles. The van der Waals surface area contributed by atoms with E-state index in [9.17, 15) is 4.79 Å². The molecule has 0 unspecified atom stereocenters. The molecule has 1 amide bonds. The summed E-state index contributed by atoms with van der Waals surface area (Å²) in [7, 11) is 0. The highest BCUT2D eigenvalue weighted by Gasteiger charge is 2.13. The zero-order valence-electron chi connectivity index (χ0n) is 13.4. The Morgan fingerprint density at radius 3 is 1.92 bits per heavy atom. The number of nitrogens with zero attached hydrogens (tertiary/aromatic N) is 1. The van der Waals surface area contributed by atoms with Crippen LogP contribution >= 0.6 is 0 Å². The number of amides is 1. The monoisotopic (exact) mass is 313 g/mol. The third-order valence-electron chi connectivity index (χ3n) is 3.74. The zero-order chi connectivity index (χ0) is 16.6. The van der Waals surface area contributed by atoms with Gasteiger partial charge in [-0.05, 0) is 29.3 Å². The van der Waals surface area contributed by atoms with E-state index in [0.717, 1.165) is 16.8 Å². The normalized spacial score (nSPS) is 10.7. The lowest BCUT2D eigenvalue weighted by Gasteiger charge is -2.21. The van der Waals surface area contributed by atoms with Crippen molar-refractivity contribution in [3.8, 4) is 0 Å². The van der Waals surface area contributed by atoms with E-state index in [1.54, 1.807) is 11.0 Å². The maximum Gasteiger partial charge on any atom is 0.251 e. The van der Waals surface area contributed by atoms with Crippen molar-refractivity contribution in [1.82, 2.24) is 0 Å². The number of para-hydroxylation sites is 1. The van der Waals surface area contributed by atoms with Gasteiger partial charge in [0.1, 0.15) is 0 Å². The molecule has 0 aromatic heterocycles. The molecule has 0 N–H and O–H groups in total. The van der Waals surface area contributed by atoms with Crippen LogP contribution in [0, 0.1) is 0 Å². The zero-order valence-corrected chi connectivity index (χ0v) is 13.4. The highest BCUT2D eigenvalue weighted by molar-refractivity contribution is 6.03. The molecule has 3 aromatic rings. The van der Waals surface area contributed by atoms with Gasteiger partial charge in [0.05, 0.1) is 6.54 Å². The summed E-state index contributed by atoms with van der Waals surface area (Å²) in [5.74, 6) is -0.0334. The van der Waals surface area contributed by atoms with Crippen LogP contribution in [0.15, 0.2) is 97.1 Å².